The van der Waals surface area contributed by atoms with Gasteiger partial charge < -0.3 is 9.47 Å². The van der Waals surface area contributed by atoms with Gasteiger partial charge in [-0.2, -0.15) is 0 Å². The lowest BCUT2D eigenvalue weighted by molar-refractivity contribution is -0.113. The Morgan fingerprint density at radius 1 is 0.867 bits per heavy atom. The van der Waals surface area contributed by atoms with Gasteiger partial charge in [-0.15, -0.1) is 0 Å². The van der Waals surface area contributed by atoms with Crippen LogP contribution in [0.1, 0.15) is 25.0 Å². The van der Waals surface area contributed by atoms with Gasteiger partial charge in [-0.25, -0.2) is 0 Å². The number of halogens is 2. The molecule has 0 amide bonds. The maximum absolute atomic E-state index is 13.4. The Labute approximate surface area is 194 Å². The highest BCUT2D eigenvalue weighted by molar-refractivity contribution is 9.10. The number of hydrogen-bond donors (Lipinski definition) is 0. The SMILES string of the molecule is COc1ccc(Br)cc1C=C1CN(C(C)C)CC(=Cc2cc(Br)ccc2OC)C1=O. The average molecular weight is 535 g/mol. The van der Waals surface area contributed by atoms with Gasteiger partial charge in [0.2, 0.25) is 0 Å². The summed E-state index contributed by atoms with van der Waals surface area (Å²) in [4.78, 5) is 15.7. The van der Waals surface area contributed by atoms with E-state index in [2.05, 4.69) is 50.6 Å². The quantitative estimate of drug-likeness (QED) is 0.442. The van der Waals surface area contributed by atoms with Crippen LogP contribution in [0.4, 0.5) is 0 Å². The number of hydrogen-bond acceptors (Lipinski definition) is 4. The van der Waals surface area contributed by atoms with Gasteiger partial charge in [0.05, 0.1) is 14.2 Å². The summed E-state index contributed by atoms with van der Waals surface area (Å²) < 4.78 is 12.9. The van der Waals surface area contributed by atoms with Crippen LogP contribution in [0.15, 0.2) is 56.5 Å². The van der Waals surface area contributed by atoms with Gasteiger partial charge in [0, 0.05) is 50.3 Å². The van der Waals surface area contributed by atoms with Crippen LogP contribution in [0.25, 0.3) is 12.2 Å². The molecule has 0 bridgehead atoms. The zero-order valence-corrected chi connectivity index (χ0v) is 20.7. The van der Waals surface area contributed by atoms with Crippen LogP contribution in [-0.2, 0) is 4.79 Å². The van der Waals surface area contributed by atoms with E-state index >= 15 is 0 Å². The van der Waals surface area contributed by atoms with Gasteiger partial charge in [-0.1, -0.05) is 31.9 Å². The van der Waals surface area contributed by atoms with Gasteiger partial charge in [-0.3, -0.25) is 9.69 Å². The predicted octanol–water partition coefficient (Wildman–Crippen LogP) is 5.99. The molecule has 30 heavy (non-hydrogen) atoms. The van der Waals surface area contributed by atoms with Gasteiger partial charge in [0.25, 0.3) is 0 Å². The van der Waals surface area contributed by atoms with Crippen molar-refractivity contribution in [2.24, 2.45) is 0 Å². The summed E-state index contributed by atoms with van der Waals surface area (Å²) in [5.41, 5.74) is 3.23. The highest BCUT2D eigenvalue weighted by Gasteiger charge is 2.28. The molecule has 1 aliphatic heterocycles. The maximum Gasteiger partial charge on any atom is 0.187 e. The largest absolute Gasteiger partial charge is 0.496 e. The molecule has 0 N–H and O–H groups in total. The molecule has 0 radical (unpaired) electrons. The second-order valence-corrected chi connectivity index (χ2v) is 9.27. The van der Waals surface area contributed by atoms with Crippen LogP contribution in [0.3, 0.4) is 0 Å². The first-order valence-corrected chi connectivity index (χ1v) is 11.3. The van der Waals surface area contributed by atoms with E-state index in [1.54, 1.807) is 14.2 Å². The maximum atomic E-state index is 13.4. The summed E-state index contributed by atoms with van der Waals surface area (Å²) in [6, 6.07) is 11.9. The van der Waals surface area contributed by atoms with Gasteiger partial charge in [0.1, 0.15) is 11.5 Å². The van der Waals surface area contributed by atoms with Crippen LogP contribution in [0.5, 0.6) is 11.5 Å². The minimum atomic E-state index is 0.0518. The van der Waals surface area contributed by atoms with Crippen molar-refractivity contribution in [3.8, 4) is 11.5 Å². The number of nitrogens with zero attached hydrogens (tertiary/aromatic N) is 1. The number of ether oxygens (including phenoxy) is 2. The molecule has 0 saturated carbocycles. The number of methoxy groups -OCH3 is 2. The van der Waals surface area contributed by atoms with Crippen molar-refractivity contribution in [2.45, 2.75) is 19.9 Å². The van der Waals surface area contributed by atoms with Crippen LogP contribution in [-0.4, -0.2) is 44.0 Å². The lowest BCUT2D eigenvalue weighted by Crippen LogP contribution is -2.41. The molecule has 0 unspecified atom stereocenters. The third-order valence-electron chi connectivity index (χ3n) is 5.10. The number of Topliss-reactive ketones (excluding diaryl/α,β-unsaturated/α-hetero) is 1. The molecule has 1 heterocycles. The van der Waals surface area contributed by atoms with Crippen molar-refractivity contribution in [3.63, 3.8) is 0 Å². The normalized spacial score (nSPS) is 17.8. The van der Waals surface area contributed by atoms with Crippen molar-refractivity contribution in [1.29, 1.82) is 0 Å². The predicted molar refractivity (Wildman–Crippen MR) is 129 cm³/mol. The second-order valence-electron chi connectivity index (χ2n) is 7.44. The third-order valence-corrected chi connectivity index (χ3v) is 6.09. The lowest BCUT2D eigenvalue weighted by atomic mass is 9.93. The summed E-state index contributed by atoms with van der Waals surface area (Å²) in [7, 11) is 3.28. The number of rotatable bonds is 5. The van der Waals surface area contributed by atoms with Crippen molar-refractivity contribution >= 4 is 49.8 Å². The van der Waals surface area contributed by atoms with Crippen LogP contribution in [0.2, 0.25) is 0 Å². The van der Waals surface area contributed by atoms with E-state index in [4.69, 9.17) is 9.47 Å². The molecule has 1 fully saturated rings. The number of carbonyl (C=O) groups is 1. The number of benzene rings is 2. The first-order chi connectivity index (χ1) is 14.3. The molecule has 3 rings (SSSR count). The minimum absolute atomic E-state index is 0.0518. The van der Waals surface area contributed by atoms with E-state index in [0.717, 1.165) is 42.7 Å². The summed E-state index contributed by atoms with van der Waals surface area (Å²) in [5.74, 6) is 1.52. The van der Waals surface area contributed by atoms with Crippen LogP contribution < -0.4 is 9.47 Å². The average Bonchev–Trinajstić information content (AvgIpc) is 2.71. The van der Waals surface area contributed by atoms with Crippen molar-refractivity contribution in [3.05, 3.63) is 67.6 Å². The molecule has 0 aromatic heterocycles. The zero-order chi connectivity index (χ0) is 21.8. The molecule has 0 aliphatic carbocycles. The molecule has 4 nitrogen and oxygen atoms in total. The fourth-order valence-electron chi connectivity index (χ4n) is 3.44. The first kappa shape index (κ1) is 22.8. The van der Waals surface area contributed by atoms with Gasteiger partial charge in [0.15, 0.2) is 5.78 Å². The monoisotopic (exact) mass is 533 g/mol. The topological polar surface area (TPSA) is 38.8 Å². The summed E-state index contributed by atoms with van der Waals surface area (Å²) >= 11 is 7.02. The molecule has 0 atom stereocenters. The molecule has 158 valence electrons. The van der Waals surface area contributed by atoms with Gasteiger partial charge in [-0.05, 0) is 62.4 Å². The van der Waals surface area contributed by atoms with Crippen molar-refractivity contribution < 1.29 is 14.3 Å². The standard InChI is InChI=1S/C24H25Br2NO3/c1-15(2)27-13-18(9-16-11-20(25)5-7-22(16)29-3)24(28)19(14-27)10-17-12-21(26)6-8-23(17)30-4/h5-12,15H,13-14H2,1-4H3. The fourth-order valence-corrected chi connectivity index (χ4v) is 4.20. The summed E-state index contributed by atoms with van der Waals surface area (Å²) in [6.07, 6.45) is 3.87. The fraction of sp³-hybridized carbons (Fsp3) is 0.292. The molecule has 6 heteroatoms. The Morgan fingerprint density at radius 2 is 1.30 bits per heavy atom. The Morgan fingerprint density at radius 3 is 1.67 bits per heavy atom. The molecular weight excluding hydrogens is 510 g/mol. The second kappa shape index (κ2) is 9.94. The molecule has 0 spiro atoms. The first-order valence-electron chi connectivity index (χ1n) is 9.69. The third kappa shape index (κ3) is 5.23. The highest BCUT2D eigenvalue weighted by Crippen LogP contribution is 2.31. The van der Waals surface area contributed by atoms with E-state index in [-0.39, 0.29) is 5.78 Å². The van der Waals surface area contributed by atoms with Crippen LogP contribution >= 0.6 is 31.9 Å². The zero-order valence-electron chi connectivity index (χ0n) is 17.5. The highest BCUT2D eigenvalue weighted by atomic mass is 79.9. The van der Waals surface area contributed by atoms with Crippen molar-refractivity contribution in [2.75, 3.05) is 27.3 Å². The summed E-state index contributed by atoms with van der Waals surface area (Å²) in [5, 5.41) is 0. The van der Waals surface area contributed by atoms with E-state index in [0.29, 0.717) is 19.1 Å². The number of ketones is 1. The Balaban J connectivity index is 2.08. The van der Waals surface area contributed by atoms with E-state index < -0.39 is 0 Å². The number of carbonyl (C=O) groups excluding carboxylic acids is 1. The molecule has 1 aliphatic rings. The van der Waals surface area contributed by atoms with Gasteiger partial charge >= 0.3 is 0 Å². The lowest BCUT2D eigenvalue weighted by Gasteiger charge is -2.33. The Kier molecular flexibility index (Phi) is 7.55. The summed E-state index contributed by atoms with van der Waals surface area (Å²) in [6.45, 7) is 5.48. The van der Waals surface area contributed by atoms with E-state index in [1.807, 2.05) is 48.6 Å². The number of likely N-dealkylation sites (tertiary alicyclic amines) is 1. The smallest absolute Gasteiger partial charge is 0.187 e. The Hall–Kier alpha value is -1.89. The molecule has 2 aromatic rings. The van der Waals surface area contributed by atoms with Crippen molar-refractivity contribution in [1.82, 2.24) is 4.90 Å². The molecule has 2 aromatic carbocycles. The van der Waals surface area contributed by atoms with E-state index in [9.17, 15) is 4.79 Å². The molecule has 1 saturated heterocycles. The minimum Gasteiger partial charge on any atom is -0.496 e. The van der Waals surface area contributed by atoms with Crippen LogP contribution in [0, 0.1) is 0 Å². The Bertz CT molecular complexity index is 936. The van der Waals surface area contributed by atoms with E-state index in [1.165, 1.54) is 0 Å². The number of piperidine rings is 1. The molecular formula is C24H25Br2NO3.